The van der Waals surface area contributed by atoms with Gasteiger partial charge in [-0.3, -0.25) is 4.48 Å². The predicted molar refractivity (Wildman–Crippen MR) is 154 cm³/mol. The smallest absolute Gasteiger partial charge is 0.265 e. The van der Waals surface area contributed by atoms with Crippen LogP contribution in [0.1, 0.15) is 24.2 Å². The van der Waals surface area contributed by atoms with Crippen LogP contribution in [0.5, 0.6) is 11.5 Å². The molecule has 2 N–H and O–H groups in total. The van der Waals surface area contributed by atoms with Crippen molar-refractivity contribution < 1.29 is 19.1 Å². The van der Waals surface area contributed by atoms with E-state index < -0.39 is 6.10 Å². The largest absolute Gasteiger partial charge is 0.497 e. The number of hydrogen-bond acceptors (Lipinski definition) is 6. The molecule has 0 spiro atoms. The van der Waals surface area contributed by atoms with Gasteiger partial charge in [0.2, 0.25) is 0 Å². The minimum atomic E-state index is -0.511. The number of aliphatic hydroxyl groups is 1. The van der Waals surface area contributed by atoms with E-state index in [2.05, 4.69) is 42.5 Å². The molecule has 4 rings (SSSR count). The Morgan fingerprint density at radius 2 is 1.68 bits per heavy atom. The first-order valence-electron chi connectivity index (χ1n) is 13.1. The maximum Gasteiger partial charge on any atom is 0.265 e. The van der Waals surface area contributed by atoms with Crippen LogP contribution in [0.3, 0.4) is 0 Å². The quantitative estimate of drug-likeness (QED) is 0.332. The summed E-state index contributed by atoms with van der Waals surface area (Å²) in [6, 6.07) is 25.8. The van der Waals surface area contributed by atoms with E-state index in [0.717, 1.165) is 47.0 Å². The first-order chi connectivity index (χ1) is 18.4. The summed E-state index contributed by atoms with van der Waals surface area (Å²) in [5.41, 5.74) is 4.13. The van der Waals surface area contributed by atoms with Crippen LogP contribution in [0.25, 0.3) is 5.57 Å². The number of aliphatic imine (C=N–C) groups is 1. The van der Waals surface area contributed by atoms with E-state index in [0.29, 0.717) is 17.6 Å². The third-order valence-electron chi connectivity index (χ3n) is 7.01. The lowest BCUT2D eigenvalue weighted by Crippen LogP contribution is -2.52. The van der Waals surface area contributed by atoms with Gasteiger partial charge in [0, 0.05) is 25.0 Å². The summed E-state index contributed by atoms with van der Waals surface area (Å²) in [7, 11) is 5.85. The van der Waals surface area contributed by atoms with Crippen molar-refractivity contribution in [3.8, 4) is 11.5 Å². The summed E-state index contributed by atoms with van der Waals surface area (Å²) >= 11 is 0. The first-order valence-corrected chi connectivity index (χ1v) is 13.1. The molecule has 0 amide bonds. The highest BCUT2D eigenvalue weighted by Gasteiger charge is 2.32. The van der Waals surface area contributed by atoms with Gasteiger partial charge in [-0.25, -0.2) is 4.99 Å². The molecule has 3 aromatic rings. The number of hydrogen-bond donors (Lipinski definition) is 2. The number of allylic oxidation sites excluding steroid dienone is 1. The number of benzene rings is 3. The van der Waals surface area contributed by atoms with E-state index in [9.17, 15) is 5.11 Å². The molecule has 3 aromatic carbocycles. The molecule has 200 valence electrons. The van der Waals surface area contributed by atoms with E-state index >= 15 is 0 Å². The SMILES string of the molecule is CC[N+]1(C)C=C(c2ccc(OC)cc2)C=NC1Nc1ccc(OCCN(C)CC(O)c2ccccc2)cc1. The molecule has 7 nitrogen and oxygen atoms in total. The summed E-state index contributed by atoms with van der Waals surface area (Å²) in [4.78, 5) is 6.94. The molecule has 7 heteroatoms. The fourth-order valence-corrected chi connectivity index (χ4v) is 4.39. The van der Waals surface area contributed by atoms with Crippen LogP contribution >= 0.6 is 0 Å². The highest BCUT2D eigenvalue weighted by Crippen LogP contribution is 2.27. The zero-order valence-corrected chi connectivity index (χ0v) is 22.7. The number of nitrogens with one attached hydrogen (secondary N) is 1. The number of ether oxygens (including phenoxy) is 2. The second-order valence-corrected chi connectivity index (χ2v) is 9.83. The maximum atomic E-state index is 10.4. The number of methoxy groups -OCH3 is 1. The van der Waals surface area contributed by atoms with Gasteiger partial charge in [-0.2, -0.15) is 0 Å². The van der Waals surface area contributed by atoms with Gasteiger partial charge in [0.1, 0.15) is 24.3 Å². The number of nitrogens with zero attached hydrogens (tertiary/aromatic N) is 3. The van der Waals surface area contributed by atoms with Crippen molar-refractivity contribution in [3.05, 3.63) is 96.2 Å². The first kappa shape index (κ1) is 27.4. The molecule has 1 heterocycles. The molecule has 3 unspecified atom stereocenters. The van der Waals surface area contributed by atoms with Crippen LogP contribution in [0.2, 0.25) is 0 Å². The molecule has 0 radical (unpaired) electrons. The highest BCUT2D eigenvalue weighted by molar-refractivity contribution is 6.09. The molecule has 0 saturated heterocycles. The van der Waals surface area contributed by atoms with Gasteiger partial charge in [-0.15, -0.1) is 0 Å². The number of quaternary nitrogens is 1. The van der Waals surface area contributed by atoms with Crippen molar-refractivity contribution in [2.75, 3.05) is 52.8 Å². The minimum Gasteiger partial charge on any atom is -0.497 e. The molecule has 38 heavy (non-hydrogen) atoms. The summed E-state index contributed by atoms with van der Waals surface area (Å²) in [6.07, 6.45) is 3.56. The average molecular weight is 516 g/mol. The van der Waals surface area contributed by atoms with Crippen molar-refractivity contribution >= 4 is 17.5 Å². The molecule has 0 bridgehead atoms. The van der Waals surface area contributed by atoms with Gasteiger partial charge in [-0.1, -0.05) is 42.5 Å². The van der Waals surface area contributed by atoms with Gasteiger partial charge in [-0.05, 0) is 61.5 Å². The van der Waals surface area contributed by atoms with E-state index in [1.54, 1.807) is 7.11 Å². The second-order valence-electron chi connectivity index (χ2n) is 9.83. The maximum absolute atomic E-state index is 10.4. The molecule has 0 aromatic heterocycles. The zero-order chi connectivity index (χ0) is 27.0. The Bertz CT molecular complexity index is 1210. The van der Waals surface area contributed by atoms with Crippen LogP contribution in [0.15, 0.2) is 90.1 Å². The van der Waals surface area contributed by atoms with Gasteiger partial charge in [0.15, 0.2) is 0 Å². The minimum absolute atomic E-state index is 0.126. The van der Waals surface area contributed by atoms with E-state index in [1.807, 2.05) is 80.0 Å². The number of rotatable bonds is 12. The zero-order valence-electron chi connectivity index (χ0n) is 22.7. The van der Waals surface area contributed by atoms with E-state index in [4.69, 9.17) is 14.5 Å². The van der Waals surface area contributed by atoms with Crippen molar-refractivity contribution in [1.29, 1.82) is 0 Å². The molecule has 0 fully saturated rings. The number of anilines is 1. The van der Waals surface area contributed by atoms with Crippen molar-refractivity contribution in [1.82, 2.24) is 4.90 Å². The summed E-state index contributed by atoms with van der Waals surface area (Å²) in [6.45, 7) is 4.88. The second kappa shape index (κ2) is 12.7. The van der Waals surface area contributed by atoms with Crippen molar-refractivity contribution in [3.63, 3.8) is 0 Å². The molecular weight excluding hydrogens is 476 g/mol. The Labute approximate surface area is 226 Å². The van der Waals surface area contributed by atoms with E-state index in [1.165, 1.54) is 0 Å². The van der Waals surface area contributed by atoms with Crippen LogP contribution in [-0.2, 0) is 0 Å². The van der Waals surface area contributed by atoms with Crippen LogP contribution in [0.4, 0.5) is 5.69 Å². The molecule has 0 aliphatic carbocycles. The number of likely N-dealkylation sites (N-methyl/N-ethyl adjacent to an activating group) is 1. The fourth-order valence-electron chi connectivity index (χ4n) is 4.39. The van der Waals surface area contributed by atoms with Gasteiger partial charge >= 0.3 is 0 Å². The summed E-state index contributed by atoms with van der Waals surface area (Å²) < 4.78 is 11.9. The Morgan fingerprint density at radius 3 is 2.34 bits per heavy atom. The molecule has 1 aliphatic rings. The molecular formula is C31H39N4O3+. The predicted octanol–water partition coefficient (Wildman–Crippen LogP) is 5.03. The summed E-state index contributed by atoms with van der Waals surface area (Å²) in [5.74, 6) is 1.66. The average Bonchev–Trinajstić information content (AvgIpc) is 2.95. The third-order valence-corrected chi connectivity index (χ3v) is 7.01. The third kappa shape index (κ3) is 7.01. The topological polar surface area (TPSA) is 66.3 Å². The molecule has 0 saturated carbocycles. The lowest BCUT2D eigenvalue weighted by atomic mass is 10.1. The van der Waals surface area contributed by atoms with Crippen LogP contribution < -0.4 is 14.8 Å². The van der Waals surface area contributed by atoms with Gasteiger partial charge in [0.25, 0.3) is 6.29 Å². The fraction of sp³-hybridized carbons (Fsp3) is 0.323. The van der Waals surface area contributed by atoms with Crippen molar-refractivity contribution in [2.24, 2.45) is 4.99 Å². The monoisotopic (exact) mass is 515 g/mol. The lowest BCUT2D eigenvalue weighted by Gasteiger charge is -2.38. The van der Waals surface area contributed by atoms with Crippen LogP contribution in [0, 0.1) is 0 Å². The Hall–Kier alpha value is -3.65. The van der Waals surface area contributed by atoms with Crippen LogP contribution in [-0.4, -0.2) is 74.4 Å². The lowest BCUT2D eigenvalue weighted by molar-refractivity contribution is -0.878. The number of aliphatic hydroxyl groups excluding tert-OH is 1. The highest BCUT2D eigenvalue weighted by atomic mass is 16.5. The van der Waals surface area contributed by atoms with Crippen molar-refractivity contribution in [2.45, 2.75) is 19.3 Å². The molecule has 1 aliphatic heterocycles. The normalized spacial score (nSPS) is 19.6. The summed E-state index contributed by atoms with van der Waals surface area (Å²) in [5, 5.41) is 14.0. The Balaban J connectivity index is 1.28. The Morgan fingerprint density at radius 1 is 1.00 bits per heavy atom. The molecule has 3 atom stereocenters. The van der Waals surface area contributed by atoms with Gasteiger partial charge in [0.05, 0.1) is 32.4 Å². The van der Waals surface area contributed by atoms with E-state index in [-0.39, 0.29) is 6.29 Å². The van der Waals surface area contributed by atoms with Gasteiger partial charge < -0.3 is 24.8 Å². The Kier molecular flexibility index (Phi) is 9.18. The standard InChI is InChI=1S/C31H39N4O3/c1-5-35(3)23-26(24-11-15-28(37-4)16-12-24)21-32-31(35)33-27-13-17-29(18-14-27)38-20-19-34(2)22-30(36)25-9-7-6-8-10-25/h6-18,21,23,30-31,33,36H,5,19-20,22H2,1-4H3/q+1.